The first-order valence-corrected chi connectivity index (χ1v) is 11.6. The highest BCUT2D eigenvalue weighted by Crippen LogP contribution is 2.67. The maximum absolute atomic E-state index is 10.2. The van der Waals surface area contributed by atoms with Crippen LogP contribution in [0.5, 0.6) is 0 Å². The van der Waals surface area contributed by atoms with Crippen molar-refractivity contribution in [2.45, 2.75) is 98.5 Å². The van der Waals surface area contributed by atoms with Crippen LogP contribution in [0.25, 0.3) is 0 Å². The van der Waals surface area contributed by atoms with Crippen LogP contribution in [0.3, 0.4) is 0 Å². The lowest BCUT2D eigenvalue weighted by Gasteiger charge is -2.58. The van der Waals surface area contributed by atoms with Gasteiger partial charge < -0.3 is 5.11 Å². The molecule has 4 aliphatic carbocycles. The van der Waals surface area contributed by atoms with E-state index in [2.05, 4.69) is 40.7 Å². The van der Waals surface area contributed by atoms with Crippen LogP contribution in [-0.4, -0.2) is 11.2 Å². The highest BCUT2D eigenvalue weighted by atomic mass is 16.3. The third-order valence-corrected chi connectivity index (χ3v) is 9.68. The zero-order valence-electron chi connectivity index (χ0n) is 17.9. The van der Waals surface area contributed by atoms with Gasteiger partial charge in [0.1, 0.15) is 0 Å². The second kappa shape index (κ2) is 6.64. The molecule has 1 N–H and O–H groups in total. The smallest absolute Gasteiger partial charge is 0.0577 e. The maximum atomic E-state index is 10.2. The lowest BCUT2D eigenvalue weighted by atomic mass is 9.47. The molecule has 3 fully saturated rings. The van der Waals surface area contributed by atoms with Crippen molar-refractivity contribution in [1.29, 1.82) is 0 Å². The van der Waals surface area contributed by atoms with Crippen molar-refractivity contribution < 1.29 is 5.11 Å². The Morgan fingerprint density at radius 3 is 2.54 bits per heavy atom. The highest BCUT2D eigenvalue weighted by molar-refractivity contribution is 5.25. The van der Waals surface area contributed by atoms with Crippen molar-refractivity contribution in [1.82, 2.24) is 0 Å². The Labute approximate surface area is 162 Å². The van der Waals surface area contributed by atoms with Crippen molar-refractivity contribution >= 4 is 0 Å². The molecule has 148 valence electrons. The summed E-state index contributed by atoms with van der Waals surface area (Å²) in [5.41, 5.74) is 2.60. The Balaban J connectivity index is 1.58. The minimum absolute atomic E-state index is 0.0764. The summed E-state index contributed by atoms with van der Waals surface area (Å²) >= 11 is 0. The molecule has 0 aliphatic heterocycles. The molecule has 0 radical (unpaired) electrons. The van der Waals surface area contributed by atoms with Crippen molar-refractivity contribution in [2.24, 2.45) is 46.3 Å². The number of rotatable bonds is 3. The van der Waals surface area contributed by atoms with Gasteiger partial charge in [-0.05, 0) is 104 Å². The van der Waals surface area contributed by atoms with E-state index in [9.17, 15) is 5.11 Å². The van der Waals surface area contributed by atoms with E-state index >= 15 is 0 Å². The van der Waals surface area contributed by atoms with Gasteiger partial charge >= 0.3 is 0 Å². The van der Waals surface area contributed by atoms with Gasteiger partial charge in [-0.1, -0.05) is 46.3 Å². The summed E-state index contributed by atoms with van der Waals surface area (Å²) in [6, 6.07) is 0. The van der Waals surface area contributed by atoms with Gasteiger partial charge in [0.25, 0.3) is 0 Å². The fraction of sp³-hybridized carbons (Fsp3) is 0.920. The third kappa shape index (κ3) is 2.83. The van der Waals surface area contributed by atoms with E-state index < -0.39 is 0 Å². The number of aliphatic hydroxyl groups is 1. The molecule has 1 nitrogen and oxygen atoms in total. The Kier molecular flexibility index (Phi) is 4.86. The summed E-state index contributed by atoms with van der Waals surface area (Å²) in [4.78, 5) is 0. The molecule has 4 unspecified atom stereocenters. The number of hydrogen-bond donors (Lipinski definition) is 1. The van der Waals surface area contributed by atoms with E-state index in [1.54, 1.807) is 5.57 Å². The topological polar surface area (TPSA) is 20.2 Å². The molecule has 4 aliphatic rings. The SMILES string of the molecule is CC(C)CC(C)[C@H]1CCC2C3CC=C4C[C@@H](O)CC[C@]4(C)C3CC[C@@]21C. The van der Waals surface area contributed by atoms with E-state index in [0.29, 0.717) is 10.8 Å². The van der Waals surface area contributed by atoms with Crippen LogP contribution in [-0.2, 0) is 0 Å². The summed E-state index contributed by atoms with van der Waals surface area (Å²) in [6.45, 7) is 12.6. The van der Waals surface area contributed by atoms with Crippen molar-refractivity contribution in [3.05, 3.63) is 11.6 Å². The first-order valence-electron chi connectivity index (χ1n) is 11.6. The molecule has 0 heterocycles. The normalized spacial score (nSPS) is 49.2. The van der Waals surface area contributed by atoms with Crippen LogP contribution in [0, 0.1) is 46.3 Å². The van der Waals surface area contributed by atoms with Crippen LogP contribution in [0.15, 0.2) is 11.6 Å². The molecule has 3 saturated carbocycles. The molecule has 26 heavy (non-hydrogen) atoms. The molecular weight excluding hydrogens is 316 g/mol. The van der Waals surface area contributed by atoms with E-state index in [0.717, 1.165) is 48.3 Å². The highest BCUT2D eigenvalue weighted by Gasteiger charge is 2.59. The van der Waals surface area contributed by atoms with Crippen LogP contribution < -0.4 is 0 Å². The molecule has 0 saturated heterocycles. The fourth-order valence-electron chi connectivity index (χ4n) is 8.52. The predicted molar refractivity (Wildman–Crippen MR) is 110 cm³/mol. The average Bonchev–Trinajstić information content (AvgIpc) is 2.92. The Morgan fingerprint density at radius 2 is 1.81 bits per heavy atom. The standard InChI is InChI=1S/C25H42O/c1-16(2)14-17(3)21-8-9-22-20-7-6-18-15-19(26)10-12-24(18,4)23(20)11-13-25(21,22)5/h6,16-17,19-23,26H,7-15H2,1-5H3/t17?,19-,20?,21+,22?,23?,24-,25+/m0/s1. The average molecular weight is 359 g/mol. The third-order valence-electron chi connectivity index (χ3n) is 9.68. The fourth-order valence-corrected chi connectivity index (χ4v) is 8.52. The molecule has 4 rings (SSSR count). The zero-order valence-corrected chi connectivity index (χ0v) is 17.9. The van der Waals surface area contributed by atoms with E-state index in [1.165, 1.54) is 44.9 Å². The minimum atomic E-state index is -0.0764. The summed E-state index contributed by atoms with van der Waals surface area (Å²) < 4.78 is 0. The van der Waals surface area contributed by atoms with Gasteiger partial charge in [0.05, 0.1) is 6.10 Å². The molecule has 8 atom stereocenters. The second-order valence-corrected chi connectivity index (χ2v) is 11.5. The molecule has 0 aromatic rings. The molecule has 0 aromatic heterocycles. The van der Waals surface area contributed by atoms with Gasteiger partial charge in [-0.25, -0.2) is 0 Å². The van der Waals surface area contributed by atoms with Gasteiger partial charge in [0, 0.05) is 0 Å². The van der Waals surface area contributed by atoms with Crippen LogP contribution >= 0.6 is 0 Å². The summed E-state index contributed by atoms with van der Waals surface area (Å²) in [5, 5.41) is 10.2. The largest absolute Gasteiger partial charge is 0.393 e. The number of aliphatic hydroxyl groups excluding tert-OH is 1. The Hall–Kier alpha value is -0.300. The summed E-state index contributed by atoms with van der Waals surface area (Å²) in [7, 11) is 0. The molecule has 1 heteroatoms. The lowest BCUT2D eigenvalue weighted by molar-refractivity contribution is -0.0577. The van der Waals surface area contributed by atoms with Gasteiger partial charge in [0.2, 0.25) is 0 Å². The monoisotopic (exact) mass is 358 g/mol. The quantitative estimate of drug-likeness (QED) is 0.563. The van der Waals surface area contributed by atoms with Crippen LogP contribution in [0.2, 0.25) is 0 Å². The van der Waals surface area contributed by atoms with Gasteiger partial charge in [-0.15, -0.1) is 0 Å². The Morgan fingerprint density at radius 1 is 1.04 bits per heavy atom. The number of allylic oxidation sites excluding steroid dienone is 1. The first-order chi connectivity index (χ1) is 12.3. The lowest BCUT2D eigenvalue weighted by Crippen LogP contribution is -2.50. The molecule has 0 aromatic carbocycles. The predicted octanol–water partition coefficient (Wildman–Crippen LogP) is 6.61. The van der Waals surface area contributed by atoms with Gasteiger partial charge in [-0.3, -0.25) is 0 Å². The van der Waals surface area contributed by atoms with Crippen LogP contribution in [0.1, 0.15) is 92.4 Å². The molecule has 0 amide bonds. The second-order valence-electron chi connectivity index (χ2n) is 11.5. The summed E-state index contributed by atoms with van der Waals surface area (Å²) in [6.07, 6.45) is 14.3. The van der Waals surface area contributed by atoms with E-state index in [4.69, 9.17) is 0 Å². The first kappa shape index (κ1) is 19.0. The van der Waals surface area contributed by atoms with Gasteiger partial charge in [0.15, 0.2) is 0 Å². The van der Waals surface area contributed by atoms with Crippen LogP contribution in [0.4, 0.5) is 0 Å². The number of fused-ring (bicyclic) bond motifs is 5. The summed E-state index contributed by atoms with van der Waals surface area (Å²) in [5.74, 6) is 5.40. The van der Waals surface area contributed by atoms with E-state index in [1.807, 2.05) is 0 Å². The van der Waals surface area contributed by atoms with Crippen molar-refractivity contribution in [2.75, 3.05) is 0 Å². The molecule has 0 spiro atoms. The zero-order chi connectivity index (χ0) is 18.7. The minimum Gasteiger partial charge on any atom is -0.393 e. The number of hydrogen-bond acceptors (Lipinski definition) is 1. The molecular formula is C25H42O. The van der Waals surface area contributed by atoms with Crippen molar-refractivity contribution in [3.63, 3.8) is 0 Å². The Bertz CT molecular complexity index is 563. The van der Waals surface area contributed by atoms with Crippen molar-refractivity contribution in [3.8, 4) is 0 Å². The maximum Gasteiger partial charge on any atom is 0.0577 e. The van der Waals surface area contributed by atoms with Gasteiger partial charge in [-0.2, -0.15) is 0 Å². The van der Waals surface area contributed by atoms with E-state index in [-0.39, 0.29) is 6.10 Å². The molecule has 0 bridgehead atoms.